The lowest BCUT2D eigenvalue weighted by Gasteiger charge is -2.34. The first-order valence-corrected chi connectivity index (χ1v) is 8.10. The molecule has 0 unspecified atom stereocenters. The third-order valence-electron chi connectivity index (χ3n) is 3.71. The van der Waals surface area contributed by atoms with Gasteiger partial charge in [-0.05, 0) is 51.0 Å². The summed E-state index contributed by atoms with van der Waals surface area (Å²) in [7, 11) is 0. The van der Waals surface area contributed by atoms with Crippen LogP contribution in [0.4, 0.5) is 0 Å². The van der Waals surface area contributed by atoms with Crippen LogP contribution in [0.25, 0.3) is 0 Å². The Balaban J connectivity index is 1.99. The summed E-state index contributed by atoms with van der Waals surface area (Å²) >= 11 is 1.53. The number of piperidine rings is 1. The number of thiophene rings is 1. The van der Waals surface area contributed by atoms with Gasteiger partial charge in [-0.15, -0.1) is 11.3 Å². The van der Waals surface area contributed by atoms with Crippen LogP contribution < -0.4 is 16.6 Å². The molecule has 112 valence electrons. The Morgan fingerprint density at radius 1 is 1.50 bits per heavy atom. The van der Waals surface area contributed by atoms with Crippen LogP contribution in [0.2, 0.25) is 0 Å². The molecule has 0 radical (unpaired) electrons. The van der Waals surface area contributed by atoms with Crippen LogP contribution in [0.3, 0.4) is 0 Å². The second kappa shape index (κ2) is 7.73. The Labute approximate surface area is 124 Å². The van der Waals surface area contributed by atoms with E-state index in [1.54, 1.807) is 0 Å². The van der Waals surface area contributed by atoms with Crippen LogP contribution in [-0.4, -0.2) is 36.5 Å². The van der Waals surface area contributed by atoms with E-state index in [0.29, 0.717) is 10.9 Å². The number of hydrogen-bond acceptors (Lipinski definition) is 5. The quantitative estimate of drug-likeness (QED) is 0.421. The first-order chi connectivity index (χ1) is 9.74. The van der Waals surface area contributed by atoms with E-state index in [0.717, 1.165) is 32.6 Å². The molecular weight excluding hydrogens is 272 g/mol. The third kappa shape index (κ3) is 4.02. The van der Waals surface area contributed by atoms with Crippen LogP contribution in [0, 0.1) is 0 Å². The summed E-state index contributed by atoms with van der Waals surface area (Å²) in [5.74, 6) is 4.97. The highest BCUT2D eigenvalue weighted by Gasteiger charge is 2.21. The number of nitrogen functional groups attached to an aromatic ring is 1. The zero-order valence-electron chi connectivity index (χ0n) is 12.0. The van der Waals surface area contributed by atoms with Crippen LogP contribution >= 0.6 is 11.3 Å². The summed E-state index contributed by atoms with van der Waals surface area (Å²) in [6.45, 7) is 6.48. The molecule has 0 bridgehead atoms. The molecule has 0 spiro atoms. The van der Waals surface area contributed by atoms with Gasteiger partial charge in [0.05, 0.1) is 4.88 Å². The van der Waals surface area contributed by atoms with Crippen molar-refractivity contribution < 1.29 is 4.79 Å². The van der Waals surface area contributed by atoms with E-state index in [4.69, 9.17) is 5.84 Å². The Bertz CT molecular complexity index is 429. The lowest BCUT2D eigenvalue weighted by Crippen LogP contribution is -2.42. The minimum Gasteiger partial charge on any atom is -0.317 e. The minimum absolute atomic E-state index is 0.204. The second-order valence-electron chi connectivity index (χ2n) is 5.19. The number of carbonyl (C=O) groups excluding carboxylic acids is 1. The first-order valence-electron chi connectivity index (χ1n) is 7.29. The predicted molar refractivity (Wildman–Crippen MR) is 82.6 cm³/mol. The number of nitrogens with two attached hydrogens (primary N) is 1. The third-order valence-corrected chi connectivity index (χ3v) is 4.78. The Morgan fingerprint density at radius 2 is 2.25 bits per heavy atom. The number of amides is 1. The molecule has 1 aliphatic heterocycles. The molecule has 2 rings (SSSR count). The van der Waals surface area contributed by atoms with E-state index < -0.39 is 0 Å². The first kappa shape index (κ1) is 15.4. The van der Waals surface area contributed by atoms with Crippen molar-refractivity contribution in [1.82, 2.24) is 15.6 Å². The van der Waals surface area contributed by atoms with Gasteiger partial charge in [0.1, 0.15) is 0 Å². The van der Waals surface area contributed by atoms with Crippen LogP contribution in [-0.2, 0) is 6.54 Å². The molecule has 1 amide bonds. The van der Waals surface area contributed by atoms with E-state index in [9.17, 15) is 4.79 Å². The van der Waals surface area contributed by atoms with Crippen molar-refractivity contribution in [2.75, 3.05) is 19.6 Å². The van der Waals surface area contributed by atoms with Gasteiger partial charge in [-0.25, -0.2) is 5.84 Å². The van der Waals surface area contributed by atoms with E-state index >= 15 is 0 Å². The number of carbonyl (C=O) groups is 1. The van der Waals surface area contributed by atoms with Crippen LogP contribution in [0.1, 0.15) is 40.7 Å². The largest absolute Gasteiger partial charge is 0.317 e. The number of hydrogen-bond donors (Lipinski definition) is 3. The lowest BCUT2D eigenvalue weighted by molar-refractivity contribution is 0.0957. The van der Waals surface area contributed by atoms with E-state index in [1.165, 1.54) is 29.1 Å². The number of rotatable bonds is 6. The number of nitrogens with one attached hydrogen (secondary N) is 2. The summed E-state index contributed by atoms with van der Waals surface area (Å²) in [6.07, 6.45) is 3.58. The Morgan fingerprint density at radius 3 is 2.90 bits per heavy atom. The highest BCUT2D eigenvalue weighted by Crippen LogP contribution is 2.21. The number of hydrazine groups is 1. The average molecular weight is 296 g/mol. The molecule has 2 heterocycles. The maximum absolute atomic E-state index is 11.5. The summed E-state index contributed by atoms with van der Waals surface area (Å²) < 4.78 is 0. The highest BCUT2D eigenvalue weighted by atomic mass is 32.1. The normalized spacial score (nSPS) is 16.6. The molecular formula is C14H24N4OS. The molecule has 5 nitrogen and oxygen atoms in total. The molecule has 1 fully saturated rings. The fourth-order valence-electron chi connectivity index (χ4n) is 2.71. The van der Waals surface area contributed by atoms with Crippen LogP contribution in [0.15, 0.2) is 12.1 Å². The summed E-state index contributed by atoms with van der Waals surface area (Å²) in [5.41, 5.74) is 2.19. The monoisotopic (exact) mass is 296 g/mol. The summed E-state index contributed by atoms with van der Waals surface area (Å²) in [5, 5.41) is 3.41. The van der Waals surface area contributed by atoms with Crippen molar-refractivity contribution in [1.29, 1.82) is 0 Å². The Kier molecular flexibility index (Phi) is 5.97. The molecule has 0 atom stereocenters. The molecule has 20 heavy (non-hydrogen) atoms. The van der Waals surface area contributed by atoms with Gasteiger partial charge in [0.25, 0.3) is 5.91 Å². The fraction of sp³-hybridized carbons (Fsp3) is 0.643. The van der Waals surface area contributed by atoms with Gasteiger partial charge in [0.2, 0.25) is 0 Å². The van der Waals surface area contributed by atoms with Gasteiger partial charge < -0.3 is 5.32 Å². The van der Waals surface area contributed by atoms with Crippen molar-refractivity contribution in [2.24, 2.45) is 5.84 Å². The zero-order chi connectivity index (χ0) is 14.4. The lowest BCUT2D eigenvalue weighted by atomic mass is 10.0. The van der Waals surface area contributed by atoms with Crippen molar-refractivity contribution in [3.63, 3.8) is 0 Å². The van der Waals surface area contributed by atoms with Gasteiger partial charge >= 0.3 is 0 Å². The van der Waals surface area contributed by atoms with E-state index in [1.807, 2.05) is 12.1 Å². The molecule has 1 aliphatic rings. The second-order valence-corrected chi connectivity index (χ2v) is 6.36. The maximum atomic E-state index is 11.5. The van der Waals surface area contributed by atoms with Gasteiger partial charge in [0, 0.05) is 17.5 Å². The van der Waals surface area contributed by atoms with E-state index in [-0.39, 0.29) is 5.91 Å². The SMILES string of the molecule is CCCN(Cc1ccc(C(=O)NN)s1)C1CCNCC1. The summed E-state index contributed by atoms with van der Waals surface area (Å²) in [6, 6.07) is 4.55. The summed E-state index contributed by atoms with van der Waals surface area (Å²) in [4.78, 5) is 16.0. The smallest absolute Gasteiger partial charge is 0.275 e. The van der Waals surface area contributed by atoms with Crippen molar-refractivity contribution in [3.05, 3.63) is 21.9 Å². The molecule has 1 aromatic rings. The standard InChI is InChI=1S/C14H24N4OS/c1-2-9-18(11-5-7-16-8-6-11)10-12-3-4-13(20-12)14(19)17-15/h3-4,11,16H,2,5-10,15H2,1H3,(H,17,19). The van der Waals surface area contributed by atoms with E-state index in [2.05, 4.69) is 22.6 Å². The topological polar surface area (TPSA) is 70.4 Å². The molecule has 1 saturated heterocycles. The Hall–Kier alpha value is -0.950. The fourth-order valence-corrected chi connectivity index (χ4v) is 3.64. The van der Waals surface area contributed by atoms with Gasteiger partial charge in [-0.1, -0.05) is 6.92 Å². The molecule has 4 N–H and O–H groups in total. The van der Waals surface area contributed by atoms with Crippen LogP contribution in [0.5, 0.6) is 0 Å². The van der Waals surface area contributed by atoms with Gasteiger partial charge in [-0.3, -0.25) is 15.1 Å². The van der Waals surface area contributed by atoms with Crippen molar-refractivity contribution in [2.45, 2.75) is 38.8 Å². The zero-order valence-corrected chi connectivity index (χ0v) is 12.8. The molecule has 0 aliphatic carbocycles. The predicted octanol–water partition coefficient (Wildman–Crippen LogP) is 1.32. The minimum atomic E-state index is -0.204. The maximum Gasteiger partial charge on any atom is 0.275 e. The molecule has 0 aromatic carbocycles. The number of nitrogens with zero attached hydrogens (tertiary/aromatic N) is 1. The highest BCUT2D eigenvalue weighted by molar-refractivity contribution is 7.14. The van der Waals surface area contributed by atoms with Crippen molar-refractivity contribution >= 4 is 17.2 Å². The molecule has 0 saturated carbocycles. The molecule has 6 heteroatoms. The van der Waals surface area contributed by atoms with Crippen molar-refractivity contribution in [3.8, 4) is 0 Å². The molecule has 1 aromatic heterocycles. The van der Waals surface area contributed by atoms with Gasteiger partial charge in [0.15, 0.2) is 0 Å². The van der Waals surface area contributed by atoms with Gasteiger partial charge in [-0.2, -0.15) is 0 Å². The average Bonchev–Trinajstić information content (AvgIpc) is 2.95.